The van der Waals surface area contributed by atoms with E-state index in [1.54, 1.807) is 11.2 Å². The van der Waals surface area contributed by atoms with Crippen molar-refractivity contribution in [2.45, 2.75) is 19.9 Å². The molecule has 0 unspecified atom stereocenters. The van der Waals surface area contributed by atoms with Gasteiger partial charge in [0, 0.05) is 24.5 Å². The summed E-state index contributed by atoms with van der Waals surface area (Å²) in [5.41, 5.74) is 4.12. The van der Waals surface area contributed by atoms with Crippen LogP contribution in [0.3, 0.4) is 0 Å². The lowest BCUT2D eigenvalue weighted by atomic mass is 10.0. The maximum absolute atomic E-state index is 12.7. The summed E-state index contributed by atoms with van der Waals surface area (Å²) in [6.07, 6.45) is 2.05. The van der Waals surface area contributed by atoms with Crippen LogP contribution >= 0.6 is 0 Å². The topological polar surface area (TPSA) is 33.5 Å². The predicted molar refractivity (Wildman–Crippen MR) is 105 cm³/mol. The average molecular weight is 343 g/mol. The molecule has 0 atom stereocenters. The van der Waals surface area contributed by atoms with Crippen LogP contribution < -0.4 is 0 Å². The number of benzene rings is 3. The molecule has 1 aromatic heterocycles. The highest BCUT2D eigenvalue weighted by Gasteiger charge is 2.16. The molecule has 130 valence electrons. The van der Waals surface area contributed by atoms with E-state index in [1.165, 1.54) is 5.56 Å². The summed E-state index contributed by atoms with van der Waals surface area (Å²) in [5, 5.41) is 3.33. The Morgan fingerprint density at radius 1 is 1.00 bits per heavy atom. The minimum atomic E-state index is 0.0845. The van der Waals surface area contributed by atoms with E-state index < -0.39 is 0 Å². The maximum Gasteiger partial charge on any atom is 0.227 e. The van der Waals surface area contributed by atoms with Crippen LogP contribution in [-0.4, -0.2) is 17.9 Å². The molecule has 0 spiro atoms. The van der Waals surface area contributed by atoms with Crippen LogP contribution in [0.15, 0.2) is 71.3 Å². The molecule has 3 aromatic carbocycles. The summed E-state index contributed by atoms with van der Waals surface area (Å²) in [5.74, 6) is 0.0845. The number of hydrogen-bond acceptors (Lipinski definition) is 2. The van der Waals surface area contributed by atoms with Gasteiger partial charge in [-0.25, -0.2) is 0 Å². The first kappa shape index (κ1) is 16.4. The van der Waals surface area contributed by atoms with Crippen LogP contribution in [0.5, 0.6) is 0 Å². The Hall–Kier alpha value is -3.07. The van der Waals surface area contributed by atoms with Crippen molar-refractivity contribution in [2.24, 2.45) is 0 Å². The average Bonchev–Trinajstić information content (AvgIpc) is 3.07. The lowest BCUT2D eigenvalue weighted by molar-refractivity contribution is -0.129. The molecule has 0 aliphatic carbocycles. The molecule has 4 rings (SSSR count). The standard InChI is InChI=1S/C23H21NO2/c1-16-7-9-17(10-8-16)14-24(2)22(25)13-19-15-26-21-12-11-18-5-3-4-6-20(18)23(19)21/h3-12,15H,13-14H2,1-2H3. The van der Waals surface area contributed by atoms with Crippen molar-refractivity contribution in [3.05, 3.63) is 83.6 Å². The highest BCUT2D eigenvalue weighted by molar-refractivity contribution is 6.08. The van der Waals surface area contributed by atoms with Gasteiger partial charge < -0.3 is 9.32 Å². The van der Waals surface area contributed by atoms with E-state index >= 15 is 0 Å². The van der Waals surface area contributed by atoms with Gasteiger partial charge in [0.2, 0.25) is 5.91 Å². The third-order valence-electron chi connectivity index (χ3n) is 4.85. The summed E-state index contributed by atoms with van der Waals surface area (Å²) in [6.45, 7) is 2.67. The Morgan fingerprint density at radius 3 is 2.58 bits per heavy atom. The van der Waals surface area contributed by atoms with Gasteiger partial charge in [-0.3, -0.25) is 4.79 Å². The second kappa shape index (κ2) is 6.68. The van der Waals surface area contributed by atoms with Gasteiger partial charge in [-0.1, -0.05) is 60.2 Å². The number of carbonyl (C=O) groups excluding carboxylic acids is 1. The lowest BCUT2D eigenvalue weighted by Gasteiger charge is -2.17. The summed E-state index contributed by atoms with van der Waals surface area (Å²) < 4.78 is 5.70. The molecular formula is C23H21NO2. The van der Waals surface area contributed by atoms with Gasteiger partial charge in [-0.15, -0.1) is 0 Å². The van der Waals surface area contributed by atoms with Gasteiger partial charge >= 0.3 is 0 Å². The van der Waals surface area contributed by atoms with E-state index in [0.717, 1.165) is 32.9 Å². The fourth-order valence-electron chi connectivity index (χ4n) is 3.36. The largest absolute Gasteiger partial charge is 0.464 e. The first-order valence-electron chi connectivity index (χ1n) is 8.79. The molecule has 26 heavy (non-hydrogen) atoms. The number of nitrogens with zero attached hydrogens (tertiary/aromatic N) is 1. The van der Waals surface area contributed by atoms with Crippen LogP contribution in [0, 0.1) is 6.92 Å². The van der Waals surface area contributed by atoms with Gasteiger partial charge in [0.15, 0.2) is 0 Å². The normalized spacial score (nSPS) is 11.2. The van der Waals surface area contributed by atoms with Crippen molar-refractivity contribution in [1.82, 2.24) is 4.90 Å². The number of aryl methyl sites for hydroxylation is 1. The lowest BCUT2D eigenvalue weighted by Crippen LogP contribution is -2.27. The van der Waals surface area contributed by atoms with E-state index in [4.69, 9.17) is 4.42 Å². The van der Waals surface area contributed by atoms with Gasteiger partial charge in [-0.2, -0.15) is 0 Å². The van der Waals surface area contributed by atoms with Gasteiger partial charge in [0.05, 0.1) is 12.7 Å². The quantitative estimate of drug-likeness (QED) is 0.517. The van der Waals surface area contributed by atoms with Crippen LogP contribution in [0.25, 0.3) is 21.7 Å². The molecule has 0 aliphatic heterocycles. The summed E-state index contributed by atoms with van der Waals surface area (Å²) in [6, 6.07) is 20.5. The smallest absolute Gasteiger partial charge is 0.227 e. The van der Waals surface area contributed by atoms with Crippen molar-refractivity contribution in [3.8, 4) is 0 Å². The van der Waals surface area contributed by atoms with Crippen molar-refractivity contribution in [1.29, 1.82) is 0 Å². The van der Waals surface area contributed by atoms with Crippen molar-refractivity contribution >= 4 is 27.6 Å². The van der Waals surface area contributed by atoms with Crippen LogP contribution in [0.4, 0.5) is 0 Å². The molecule has 0 N–H and O–H groups in total. The van der Waals surface area contributed by atoms with E-state index in [9.17, 15) is 4.79 Å². The highest BCUT2D eigenvalue weighted by Crippen LogP contribution is 2.30. The molecular weight excluding hydrogens is 322 g/mol. The van der Waals surface area contributed by atoms with Crippen LogP contribution in [0.1, 0.15) is 16.7 Å². The summed E-state index contributed by atoms with van der Waals surface area (Å²) >= 11 is 0. The molecule has 3 nitrogen and oxygen atoms in total. The van der Waals surface area contributed by atoms with Crippen molar-refractivity contribution in [2.75, 3.05) is 7.05 Å². The Morgan fingerprint density at radius 2 is 1.77 bits per heavy atom. The number of likely N-dealkylation sites (N-methyl/N-ethyl adjacent to an activating group) is 1. The van der Waals surface area contributed by atoms with E-state index in [1.807, 2.05) is 25.2 Å². The highest BCUT2D eigenvalue weighted by atomic mass is 16.3. The number of amides is 1. The number of furan rings is 1. The van der Waals surface area contributed by atoms with E-state index in [2.05, 4.69) is 49.4 Å². The van der Waals surface area contributed by atoms with Gasteiger partial charge in [0.25, 0.3) is 0 Å². The number of hydrogen-bond donors (Lipinski definition) is 0. The van der Waals surface area contributed by atoms with Crippen LogP contribution in [-0.2, 0) is 17.8 Å². The van der Waals surface area contributed by atoms with E-state index in [0.29, 0.717) is 13.0 Å². The second-order valence-corrected chi connectivity index (χ2v) is 6.83. The fraction of sp³-hybridized carbons (Fsp3) is 0.174. The first-order chi connectivity index (χ1) is 12.6. The molecule has 0 fully saturated rings. The zero-order chi connectivity index (χ0) is 18.1. The monoisotopic (exact) mass is 343 g/mol. The number of fused-ring (bicyclic) bond motifs is 3. The number of carbonyl (C=O) groups is 1. The molecule has 0 radical (unpaired) electrons. The molecule has 0 aliphatic rings. The Balaban J connectivity index is 1.59. The summed E-state index contributed by atoms with van der Waals surface area (Å²) in [7, 11) is 1.85. The second-order valence-electron chi connectivity index (χ2n) is 6.83. The zero-order valence-electron chi connectivity index (χ0n) is 15.0. The third kappa shape index (κ3) is 3.08. The maximum atomic E-state index is 12.7. The molecule has 0 saturated heterocycles. The molecule has 0 saturated carbocycles. The minimum Gasteiger partial charge on any atom is -0.464 e. The predicted octanol–water partition coefficient (Wildman–Crippen LogP) is 5.10. The molecule has 1 amide bonds. The molecule has 1 heterocycles. The summed E-state index contributed by atoms with van der Waals surface area (Å²) in [4.78, 5) is 14.5. The molecule has 3 heteroatoms. The van der Waals surface area contributed by atoms with E-state index in [-0.39, 0.29) is 5.91 Å². The third-order valence-corrected chi connectivity index (χ3v) is 4.85. The SMILES string of the molecule is Cc1ccc(CN(C)C(=O)Cc2coc3ccc4ccccc4c23)cc1. The minimum absolute atomic E-state index is 0.0845. The van der Waals surface area contributed by atoms with Crippen LogP contribution in [0.2, 0.25) is 0 Å². The van der Waals surface area contributed by atoms with Gasteiger partial charge in [-0.05, 0) is 29.3 Å². The van der Waals surface area contributed by atoms with Gasteiger partial charge in [0.1, 0.15) is 5.58 Å². The number of rotatable bonds is 4. The Kier molecular flexibility index (Phi) is 4.21. The Bertz CT molecular complexity index is 1080. The first-order valence-corrected chi connectivity index (χ1v) is 8.79. The van der Waals surface area contributed by atoms with Crippen molar-refractivity contribution in [3.63, 3.8) is 0 Å². The molecule has 0 bridgehead atoms. The fourth-order valence-corrected chi connectivity index (χ4v) is 3.36. The zero-order valence-corrected chi connectivity index (χ0v) is 15.0. The Labute approximate surface area is 152 Å². The van der Waals surface area contributed by atoms with Crippen molar-refractivity contribution < 1.29 is 9.21 Å². The molecule has 4 aromatic rings.